The molecule has 0 N–H and O–H groups in total. The number of carbonyl (C=O) groups excluding carboxylic acids is 4. The summed E-state index contributed by atoms with van der Waals surface area (Å²) >= 11 is 0. The predicted octanol–water partition coefficient (Wildman–Crippen LogP) is 3.32. The van der Waals surface area contributed by atoms with E-state index in [-0.39, 0.29) is 11.1 Å². The summed E-state index contributed by atoms with van der Waals surface area (Å²) < 4.78 is 13.3. The number of nitrogens with zero attached hydrogens (tertiary/aromatic N) is 3. The van der Waals surface area contributed by atoms with Gasteiger partial charge in [-0.2, -0.15) is 5.01 Å². The second-order valence-electron chi connectivity index (χ2n) is 8.26. The number of nitro groups is 1. The minimum Gasteiger partial charge on any atom is -0.292 e. The van der Waals surface area contributed by atoms with Gasteiger partial charge in [0.15, 0.2) is 5.78 Å². The molecule has 0 spiro atoms. The average molecular weight is 465 g/mol. The van der Waals surface area contributed by atoms with Gasteiger partial charge in [0.1, 0.15) is 17.9 Å². The van der Waals surface area contributed by atoms with Crippen LogP contribution in [0.1, 0.15) is 40.5 Å². The molecule has 4 rings (SSSR count). The lowest BCUT2D eigenvalue weighted by molar-refractivity contribution is -0.385. The van der Waals surface area contributed by atoms with Crippen molar-refractivity contribution in [1.29, 1.82) is 0 Å². The molecule has 0 unspecified atom stereocenters. The lowest BCUT2D eigenvalue weighted by Gasteiger charge is -2.30. The normalized spacial score (nSPS) is 19.5. The highest BCUT2D eigenvalue weighted by molar-refractivity contribution is 6.10. The van der Waals surface area contributed by atoms with Crippen molar-refractivity contribution in [3.8, 4) is 0 Å². The Bertz CT molecular complexity index is 1240. The number of ketones is 1. The summed E-state index contributed by atoms with van der Waals surface area (Å²) in [5, 5.41) is 12.8. The Morgan fingerprint density at radius 3 is 2.41 bits per heavy atom. The van der Waals surface area contributed by atoms with E-state index < -0.39 is 58.3 Å². The molecule has 0 saturated carbocycles. The molecule has 3 amide bonds. The van der Waals surface area contributed by atoms with E-state index in [1.807, 2.05) is 13.0 Å². The van der Waals surface area contributed by atoms with Crippen LogP contribution in [0, 0.1) is 27.8 Å². The first-order chi connectivity index (χ1) is 16.2. The number of imide groups is 1. The van der Waals surface area contributed by atoms with E-state index in [1.165, 1.54) is 30.3 Å². The number of rotatable bonds is 6. The number of hydrogen-bond acceptors (Lipinski definition) is 6. The van der Waals surface area contributed by atoms with E-state index in [9.17, 15) is 33.7 Å². The molecule has 1 heterocycles. The highest BCUT2D eigenvalue weighted by Gasteiger charge is 2.52. The van der Waals surface area contributed by atoms with E-state index in [0.717, 1.165) is 23.8 Å². The number of halogens is 1. The maximum absolute atomic E-state index is 13.5. The fraction of sp³-hybridized carbons (Fsp3) is 0.250. The molecule has 10 heteroatoms. The van der Waals surface area contributed by atoms with Crippen molar-refractivity contribution in [3.63, 3.8) is 0 Å². The molecule has 1 saturated heterocycles. The third kappa shape index (κ3) is 4.09. The van der Waals surface area contributed by atoms with Crippen molar-refractivity contribution in [2.45, 2.75) is 19.8 Å². The molecular weight excluding hydrogens is 445 g/mol. The van der Waals surface area contributed by atoms with Gasteiger partial charge in [-0.3, -0.25) is 29.3 Å². The first-order valence-electron chi connectivity index (χ1n) is 10.6. The van der Waals surface area contributed by atoms with Crippen LogP contribution in [-0.2, 0) is 9.59 Å². The van der Waals surface area contributed by atoms with Crippen LogP contribution in [0.4, 0.5) is 10.1 Å². The van der Waals surface area contributed by atoms with Crippen LogP contribution in [-0.4, -0.2) is 45.0 Å². The second-order valence-corrected chi connectivity index (χ2v) is 8.26. The monoisotopic (exact) mass is 465 g/mol. The Balaban J connectivity index is 1.74. The van der Waals surface area contributed by atoms with Gasteiger partial charge in [0.05, 0.1) is 16.8 Å². The lowest BCUT2D eigenvalue weighted by Crippen LogP contribution is -2.52. The van der Waals surface area contributed by atoms with Gasteiger partial charge >= 0.3 is 0 Å². The Hall–Kier alpha value is -4.21. The number of para-hydroxylation sites is 1. The number of allylic oxidation sites excluding steroid dienone is 2. The van der Waals surface area contributed by atoms with Gasteiger partial charge in [0.25, 0.3) is 23.4 Å². The highest BCUT2D eigenvalue weighted by atomic mass is 19.1. The topological polar surface area (TPSA) is 118 Å². The molecule has 0 radical (unpaired) electrons. The van der Waals surface area contributed by atoms with Gasteiger partial charge in [0.2, 0.25) is 0 Å². The van der Waals surface area contributed by atoms with E-state index >= 15 is 0 Å². The molecule has 1 aliphatic heterocycles. The molecular formula is C24H20FN3O6. The molecule has 2 aromatic rings. The largest absolute Gasteiger partial charge is 0.292 e. The van der Waals surface area contributed by atoms with Gasteiger partial charge in [0, 0.05) is 11.6 Å². The quantitative estimate of drug-likeness (QED) is 0.212. The first-order valence-corrected chi connectivity index (χ1v) is 10.6. The first kappa shape index (κ1) is 23.0. The van der Waals surface area contributed by atoms with Gasteiger partial charge < -0.3 is 0 Å². The average Bonchev–Trinajstić information content (AvgIpc) is 3.06. The minimum atomic E-state index is -1.03. The van der Waals surface area contributed by atoms with Crippen LogP contribution in [0.3, 0.4) is 0 Å². The van der Waals surface area contributed by atoms with Gasteiger partial charge in [-0.25, -0.2) is 9.40 Å². The number of hydrazine groups is 1. The van der Waals surface area contributed by atoms with E-state index in [1.54, 1.807) is 0 Å². The zero-order valence-corrected chi connectivity index (χ0v) is 18.1. The molecule has 9 nitrogen and oxygen atoms in total. The summed E-state index contributed by atoms with van der Waals surface area (Å²) in [4.78, 5) is 63.6. The van der Waals surface area contributed by atoms with E-state index in [0.29, 0.717) is 22.9 Å². The second kappa shape index (κ2) is 8.97. The summed E-state index contributed by atoms with van der Waals surface area (Å²) in [6, 6.07) is 9.65. The molecule has 2 aromatic carbocycles. The molecule has 1 fully saturated rings. The zero-order valence-electron chi connectivity index (χ0n) is 18.1. The fourth-order valence-electron chi connectivity index (χ4n) is 4.31. The van der Waals surface area contributed by atoms with Crippen molar-refractivity contribution in [2.75, 3.05) is 6.54 Å². The zero-order chi connectivity index (χ0) is 24.6. The summed E-state index contributed by atoms with van der Waals surface area (Å²) in [7, 11) is 0. The maximum atomic E-state index is 13.5. The third-order valence-electron chi connectivity index (χ3n) is 6.07. The minimum absolute atomic E-state index is 0.0517. The summed E-state index contributed by atoms with van der Waals surface area (Å²) in [5.41, 5.74) is 0.0870. The number of benzene rings is 2. The Morgan fingerprint density at radius 1 is 1.09 bits per heavy atom. The third-order valence-corrected chi connectivity index (χ3v) is 6.07. The lowest BCUT2D eigenvalue weighted by atomic mass is 9.82. The summed E-state index contributed by atoms with van der Waals surface area (Å²) in [5.74, 6) is -4.91. The SMILES string of the molecule is CC1=CC[C@H]2C(=O)N(N(CC(=O)c3ccc(F)cc3)C(=O)c3ccccc3[N+](=O)[O-])C(=O)[C@@H]2C1. The van der Waals surface area contributed by atoms with Crippen LogP contribution in [0.2, 0.25) is 0 Å². The van der Waals surface area contributed by atoms with Gasteiger partial charge in [-0.05, 0) is 50.1 Å². The molecule has 0 aromatic heterocycles. The number of fused-ring (bicyclic) bond motifs is 1. The summed E-state index contributed by atoms with van der Waals surface area (Å²) in [6.07, 6.45) is 2.51. The van der Waals surface area contributed by atoms with E-state index in [2.05, 4.69) is 0 Å². The number of carbonyl (C=O) groups is 4. The molecule has 1 aliphatic carbocycles. The van der Waals surface area contributed by atoms with Crippen LogP contribution in [0.25, 0.3) is 0 Å². The number of amides is 3. The Kier molecular flexibility index (Phi) is 6.06. The smallest absolute Gasteiger partial charge is 0.282 e. The van der Waals surface area contributed by atoms with Crippen LogP contribution in [0.15, 0.2) is 60.2 Å². The van der Waals surface area contributed by atoms with Crippen LogP contribution < -0.4 is 0 Å². The number of hydrogen-bond donors (Lipinski definition) is 0. The molecule has 2 aliphatic rings. The van der Waals surface area contributed by atoms with Crippen molar-refractivity contribution in [2.24, 2.45) is 11.8 Å². The molecule has 34 heavy (non-hydrogen) atoms. The van der Waals surface area contributed by atoms with Crippen molar-refractivity contribution in [3.05, 3.63) is 87.2 Å². The van der Waals surface area contributed by atoms with Crippen LogP contribution >= 0.6 is 0 Å². The van der Waals surface area contributed by atoms with E-state index in [4.69, 9.17) is 0 Å². The molecule has 174 valence electrons. The highest BCUT2D eigenvalue weighted by Crippen LogP contribution is 2.39. The Morgan fingerprint density at radius 2 is 1.74 bits per heavy atom. The van der Waals surface area contributed by atoms with Crippen molar-refractivity contribution in [1.82, 2.24) is 10.0 Å². The summed E-state index contributed by atoms with van der Waals surface area (Å²) in [6.45, 7) is 1.10. The number of Topliss-reactive ketones (excluding diaryl/α,β-unsaturated/α-hetero) is 1. The van der Waals surface area contributed by atoms with Gasteiger partial charge in [-0.1, -0.05) is 23.8 Å². The predicted molar refractivity (Wildman–Crippen MR) is 117 cm³/mol. The van der Waals surface area contributed by atoms with Crippen LogP contribution in [0.5, 0.6) is 0 Å². The number of nitro benzene ring substituents is 1. The van der Waals surface area contributed by atoms with Crippen molar-refractivity contribution >= 4 is 29.2 Å². The standard InChI is InChI=1S/C24H20FN3O6/c1-14-6-11-17-19(12-14)24(32)27(23(17)31)26(13-21(29)15-7-9-16(25)10-8-15)22(30)18-4-2-3-5-20(18)28(33)34/h2-10,17,19H,11-13H2,1H3/t17-,19-/m1/s1. The Labute approximate surface area is 193 Å². The maximum Gasteiger partial charge on any atom is 0.282 e. The molecule has 0 bridgehead atoms. The van der Waals surface area contributed by atoms with Crippen molar-refractivity contribution < 1.29 is 28.5 Å². The molecule has 2 atom stereocenters. The van der Waals surface area contributed by atoms with Gasteiger partial charge in [-0.15, -0.1) is 0 Å². The fourth-order valence-corrected chi connectivity index (χ4v) is 4.31.